The van der Waals surface area contributed by atoms with Gasteiger partial charge in [0.2, 0.25) is 0 Å². The fourth-order valence-electron chi connectivity index (χ4n) is 1.47. The lowest BCUT2D eigenvalue weighted by molar-refractivity contribution is 0.224. The predicted molar refractivity (Wildman–Crippen MR) is 68.7 cm³/mol. The second-order valence-corrected chi connectivity index (χ2v) is 5.73. The van der Waals surface area contributed by atoms with Crippen LogP contribution in [0.1, 0.15) is 28.3 Å². The lowest BCUT2D eigenvalue weighted by Gasteiger charge is -2.04. The van der Waals surface area contributed by atoms with E-state index in [-0.39, 0.29) is 0 Å². The Morgan fingerprint density at radius 3 is 2.88 bits per heavy atom. The van der Waals surface area contributed by atoms with Crippen LogP contribution in [0.3, 0.4) is 0 Å². The highest BCUT2D eigenvalue weighted by Gasteiger charge is 2.15. The van der Waals surface area contributed by atoms with Crippen LogP contribution < -0.4 is 0 Å². The molecule has 0 aliphatic rings. The van der Waals surface area contributed by atoms with Crippen LogP contribution in [-0.4, -0.2) is 14.9 Å². The number of hydrogen-bond acceptors (Lipinski definition) is 3. The SMILES string of the molecule is CCn1cc(C(O)c2cc(Br)c(C)s2)cn1. The van der Waals surface area contributed by atoms with E-state index in [2.05, 4.69) is 21.0 Å². The van der Waals surface area contributed by atoms with Gasteiger partial charge in [0.15, 0.2) is 0 Å². The maximum absolute atomic E-state index is 10.2. The summed E-state index contributed by atoms with van der Waals surface area (Å²) in [5.41, 5.74) is 0.843. The number of rotatable bonds is 3. The summed E-state index contributed by atoms with van der Waals surface area (Å²) in [7, 11) is 0. The summed E-state index contributed by atoms with van der Waals surface area (Å²) in [6.45, 7) is 4.87. The first-order valence-electron chi connectivity index (χ1n) is 5.08. The third kappa shape index (κ3) is 2.21. The number of aryl methyl sites for hydroxylation is 2. The Labute approximate surface area is 107 Å². The first-order chi connectivity index (χ1) is 7.61. The monoisotopic (exact) mass is 300 g/mol. The van der Waals surface area contributed by atoms with Crippen molar-refractivity contribution in [1.82, 2.24) is 9.78 Å². The molecule has 2 rings (SSSR count). The van der Waals surface area contributed by atoms with Crippen molar-refractivity contribution in [2.45, 2.75) is 26.5 Å². The fourth-order valence-corrected chi connectivity index (χ4v) is 3.05. The van der Waals surface area contributed by atoms with Crippen LogP contribution in [0.5, 0.6) is 0 Å². The van der Waals surface area contributed by atoms with Gasteiger partial charge in [-0.05, 0) is 35.8 Å². The van der Waals surface area contributed by atoms with Gasteiger partial charge in [0.25, 0.3) is 0 Å². The zero-order chi connectivity index (χ0) is 11.7. The molecule has 0 saturated heterocycles. The van der Waals surface area contributed by atoms with E-state index in [9.17, 15) is 5.11 Å². The molecule has 0 spiro atoms. The summed E-state index contributed by atoms with van der Waals surface area (Å²) in [4.78, 5) is 2.12. The summed E-state index contributed by atoms with van der Waals surface area (Å²) >= 11 is 5.05. The van der Waals surface area contributed by atoms with Crippen LogP contribution >= 0.6 is 27.3 Å². The largest absolute Gasteiger partial charge is 0.383 e. The molecule has 2 aromatic rings. The van der Waals surface area contributed by atoms with Gasteiger partial charge in [-0.1, -0.05) is 0 Å². The Balaban J connectivity index is 2.27. The van der Waals surface area contributed by atoms with Crippen LogP contribution in [-0.2, 0) is 6.54 Å². The average Bonchev–Trinajstić information content (AvgIpc) is 2.86. The summed E-state index contributed by atoms with van der Waals surface area (Å²) in [6, 6.07) is 1.97. The van der Waals surface area contributed by atoms with E-state index in [1.165, 1.54) is 4.88 Å². The molecule has 2 heterocycles. The van der Waals surface area contributed by atoms with Gasteiger partial charge in [0.1, 0.15) is 6.10 Å². The number of halogens is 1. The Hall–Kier alpha value is -0.650. The van der Waals surface area contributed by atoms with E-state index >= 15 is 0 Å². The van der Waals surface area contributed by atoms with Gasteiger partial charge in [-0.2, -0.15) is 5.10 Å². The molecule has 1 atom stereocenters. The van der Waals surface area contributed by atoms with Crippen LogP contribution in [0.15, 0.2) is 22.9 Å². The smallest absolute Gasteiger partial charge is 0.116 e. The number of aliphatic hydroxyl groups excluding tert-OH is 1. The second-order valence-electron chi connectivity index (χ2n) is 3.58. The molecule has 5 heteroatoms. The summed E-state index contributed by atoms with van der Waals surface area (Å²) < 4.78 is 2.86. The summed E-state index contributed by atoms with van der Waals surface area (Å²) in [5.74, 6) is 0. The van der Waals surface area contributed by atoms with E-state index in [0.29, 0.717) is 0 Å². The predicted octanol–water partition coefficient (Wildman–Crippen LogP) is 3.12. The van der Waals surface area contributed by atoms with Gasteiger partial charge in [-0.15, -0.1) is 11.3 Å². The molecule has 0 fully saturated rings. The fraction of sp³-hybridized carbons (Fsp3) is 0.364. The lowest BCUT2D eigenvalue weighted by Crippen LogP contribution is -1.96. The minimum absolute atomic E-state index is 0.574. The normalized spacial score (nSPS) is 13.0. The molecular weight excluding hydrogens is 288 g/mol. The standard InChI is InChI=1S/C11H13BrN2OS/c1-3-14-6-8(5-13-14)11(15)10-4-9(12)7(2)16-10/h4-6,11,15H,3H2,1-2H3. The molecule has 0 amide bonds. The van der Waals surface area contributed by atoms with Crippen LogP contribution in [0.25, 0.3) is 0 Å². The highest BCUT2D eigenvalue weighted by atomic mass is 79.9. The van der Waals surface area contributed by atoms with Crippen molar-refractivity contribution < 1.29 is 5.11 Å². The van der Waals surface area contributed by atoms with Crippen LogP contribution in [0.2, 0.25) is 0 Å². The van der Waals surface area contributed by atoms with E-state index in [4.69, 9.17) is 0 Å². The quantitative estimate of drug-likeness (QED) is 0.946. The van der Waals surface area contributed by atoms with Gasteiger partial charge in [0.05, 0.1) is 6.20 Å². The van der Waals surface area contributed by atoms with Crippen LogP contribution in [0.4, 0.5) is 0 Å². The topological polar surface area (TPSA) is 38.0 Å². The van der Waals surface area contributed by atoms with E-state index in [1.807, 2.05) is 30.8 Å². The van der Waals surface area contributed by atoms with Crippen molar-refractivity contribution in [3.05, 3.63) is 38.3 Å². The van der Waals surface area contributed by atoms with Gasteiger partial charge in [-0.25, -0.2) is 0 Å². The number of thiophene rings is 1. The number of aromatic nitrogens is 2. The van der Waals surface area contributed by atoms with Crippen LogP contribution in [0, 0.1) is 6.92 Å². The van der Waals surface area contributed by atoms with Crippen molar-refractivity contribution in [3.8, 4) is 0 Å². The Kier molecular flexibility index (Phi) is 3.47. The maximum Gasteiger partial charge on any atom is 0.116 e. The summed E-state index contributed by atoms with van der Waals surface area (Å²) in [6.07, 6.45) is 3.03. The maximum atomic E-state index is 10.2. The molecule has 0 bridgehead atoms. The van der Waals surface area contributed by atoms with Crippen molar-refractivity contribution in [2.75, 3.05) is 0 Å². The van der Waals surface area contributed by atoms with E-state index in [1.54, 1.807) is 17.5 Å². The van der Waals surface area contributed by atoms with Crippen molar-refractivity contribution in [1.29, 1.82) is 0 Å². The van der Waals surface area contributed by atoms with Crippen molar-refractivity contribution in [2.24, 2.45) is 0 Å². The minimum atomic E-state index is -0.574. The number of nitrogens with zero attached hydrogens (tertiary/aromatic N) is 2. The van der Waals surface area contributed by atoms with E-state index in [0.717, 1.165) is 21.5 Å². The first-order valence-corrected chi connectivity index (χ1v) is 6.69. The Bertz CT molecular complexity index is 472. The zero-order valence-electron chi connectivity index (χ0n) is 9.14. The molecule has 86 valence electrons. The highest BCUT2D eigenvalue weighted by molar-refractivity contribution is 9.10. The van der Waals surface area contributed by atoms with Gasteiger partial charge in [-0.3, -0.25) is 4.68 Å². The van der Waals surface area contributed by atoms with E-state index < -0.39 is 6.10 Å². The zero-order valence-corrected chi connectivity index (χ0v) is 11.5. The molecule has 2 aromatic heterocycles. The molecule has 0 aliphatic heterocycles. The third-order valence-corrected chi connectivity index (χ3v) is 4.63. The lowest BCUT2D eigenvalue weighted by atomic mass is 10.2. The number of aliphatic hydroxyl groups is 1. The molecule has 0 saturated carbocycles. The average molecular weight is 301 g/mol. The summed E-state index contributed by atoms with van der Waals surface area (Å²) in [5, 5.41) is 14.3. The molecular formula is C11H13BrN2OS. The number of hydrogen-bond donors (Lipinski definition) is 1. The van der Waals surface area contributed by atoms with Crippen molar-refractivity contribution in [3.63, 3.8) is 0 Å². The molecule has 0 aliphatic carbocycles. The third-order valence-electron chi connectivity index (χ3n) is 2.44. The first kappa shape index (κ1) is 11.8. The Morgan fingerprint density at radius 1 is 1.62 bits per heavy atom. The minimum Gasteiger partial charge on any atom is -0.383 e. The highest BCUT2D eigenvalue weighted by Crippen LogP contribution is 2.33. The molecule has 16 heavy (non-hydrogen) atoms. The molecule has 0 radical (unpaired) electrons. The Morgan fingerprint density at radius 2 is 2.38 bits per heavy atom. The molecule has 1 N–H and O–H groups in total. The van der Waals surface area contributed by atoms with Gasteiger partial charge in [0, 0.05) is 32.5 Å². The van der Waals surface area contributed by atoms with Gasteiger partial charge >= 0.3 is 0 Å². The van der Waals surface area contributed by atoms with Crippen molar-refractivity contribution >= 4 is 27.3 Å². The molecule has 3 nitrogen and oxygen atoms in total. The molecule has 1 unspecified atom stereocenters. The van der Waals surface area contributed by atoms with Gasteiger partial charge < -0.3 is 5.11 Å². The second kappa shape index (κ2) is 4.69. The molecule has 0 aromatic carbocycles.